The normalized spacial score (nSPS) is 16.5. The summed E-state index contributed by atoms with van der Waals surface area (Å²) in [6.07, 6.45) is 0.976. The van der Waals surface area contributed by atoms with Gasteiger partial charge in [0.2, 0.25) is 0 Å². The van der Waals surface area contributed by atoms with Crippen LogP contribution in [-0.4, -0.2) is 6.04 Å². The lowest BCUT2D eigenvalue weighted by Crippen LogP contribution is -2.35. The van der Waals surface area contributed by atoms with Crippen LogP contribution in [0.15, 0.2) is 164 Å². The number of hydrogen-bond acceptors (Lipinski definition) is 2. The highest BCUT2D eigenvalue weighted by atomic mass is 15.2. The van der Waals surface area contributed by atoms with E-state index in [0.717, 1.165) is 23.5 Å². The quantitative estimate of drug-likeness (QED) is 0.191. The lowest BCUT2D eigenvalue weighted by atomic mass is 9.63. The molecule has 10 rings (SSSR count). The van der Waals surface area contributed by atoms with E-state index in [1.165, 1.54) is 66.7 Å². The highest BCUT2D eigenvalue weighted by Crippen LogP contribution is 2.58. The molecule has 0 fully saturated rings. The number of hydrogen-bond donors (Lipinski definition) is 0. The predicted octanol–water partition coefficient (Wildman–Crippen LogP) is 12.0. The number of rotatable bonds is 4. The summed E-state index contributed by atoms with van der Waals surface area (Å²) in [5, 5.41) is 2.48. The third-order valence-electron chi connectivity index (χ3n) is 11.1. The zero-order valence-corrected chi connectivity index (χ0v) is 27.8. The second kappa shape index (κ2) is 10.6. The third-order valence-corrected chi connectivity index (χ3v) is 11.1. The highest BCUT2D eigenvalue weighted by molar-refractivity contribution is 6.11. The first-order chi connectivity index (χ1) is 24.1. The van der Waals surface area contributed by atoms with Crippen LogP contribution in [0.1, 0.15) is 47.2 Å². The fraction of sp³-hybridized carbons (Fsp3) is 0.106. The molecule has 2 aliphatic carbocycles. The van der Waals surface area contributed by atoms with Crippen molar-refractivity contribution >= 4 is 50.4 Å². The van der Waals surface area contributed by atoms with Crippen LogP contribution in [0.25, 0.3) is 21.9 Å². The molecule has 0 bridgehead atoms. The molecule has 2 nitrogen and oxygen atoms in total. The Labute approximate surface area is 288 Å². The summed E-state index contributed by atoms with van der Waals surface area (Å²) < 4.78 is 0. The van der Waals surface area contributed by atoms with Crippen LogP contribution >= 0.6 is 0 Å². The first-order valence-electron chi connectivity index (χ1n) is 17.4. The van der Waals surface area contributed by atoms with E-state index in [-0.39, 0.29) is 11.5 Å². The molecule has 3 aliphatic rings. The fourth-order valence-corrected chi connectivity index (χ4v) is 8.90. The fourth-order valence-electron chi connectivity index (χ4n) is 8.90. The van der Waals surface area contributed by atoms with Crippen molar-refractivity contribution in [3.8, 4) is 0 Å². The second-order valence-electron chi connectivity index (χ2n) is 14.1. The van der Waals surface area contributed by atoms with E-state index < -0.39 is 0 Å². The average molecular weight is 629 g/mol. The molecule has 0 spiro atoms. The lowest BCUT2D eigenvalue weighted by Gasteiger charge is -2.42. The summed E-state index contributed by atoms with van der Waals surface area (Å²) in [5.74, 6) is 0. The molecule has 2 heteroatoms. The van der Waals surface area contributed by atoms with Crippen LogP contribution in [0.4, 0.5) is 28.4 Å². The highest BCUT2D eigenvalue weighted by Gasteiger charge is 2.45. The monoisotopic (exact) mass is 628 g/mol. The number of benzene rings is 7. The smallest absolute Gasteiger partial charge is 0.0645 e. The van der Waals surface area contributed by atoms with Gasteiger partial charge in [0.25, 0.3) is 0 Å². The standard InChI is InChI=1S/C47H36N2/c1-47(2)40-20-10-8-18-38(40)46-44-33(15-12-21-41(44)47)30-43-45(46)39-19-9-11-22-42(39)49(43)36-27-25-35(26-28-36)48(34-16-4-3-5-17-34)37-24-23-31-13-6-7-14-32(31)29-37/h3-29,43H,30H2,1-2H3. The largest absolute Gasteiger partial charge is 0.333 e. The molecule has 234 valence electrons. The number of anilines is 5. The van der Waals surface area contributed by atoms with Crippen LogP contribution in [0, 0.1) is 0 Å². The topological polar surface area (TPSA) is 6.48 Å². The van der Waals surface area contributed by atoms with Crippen molar-refractivity contribution in [2.45, 2.75) is 31.7 Å². The summed E-state index contributed by atoms with van der Waals surface area (Å²) in [7, 11) is 0. The van der Waals surface area contributed by atoms with Crippen molar-refractivity contribution in [2.75, 3.05) is 9.80 Å². The molecule has 1 heterocycles. The van der Waals surface area contributed by atoms with Gasteiger partial charge in [-0.15, -0.1) is 0 Å². The van der Waals surface area contributed by atoms with Gasteiger partial charge in [0.15, 0.2) is 0 Å². The Kier molecular flexibility index (Phi) is 6.08. The minimum atomic E-state index is -0.0534. The molecule has 0 radical (unpaired) electrons. The van der Waals surface area contributed by atoms with E-state index in [0.29, 0.717) is 0 Å². The molecular weight excluding hydrogens is 593 g/mol. The molecule has 7 aromatic rings. The SMILES string of the molecule is CC1(C)c2ccccc2C2=C3c4ccccc4N(c4ccc(N(c5ccccc5)c5ccc6ccccc6c5)cc4)C3Cc3cccc1c32. The summed E-state index contributed by atoms with van der Waals surface area (Å²) in [4.78, 5) is 4.96. The van der Waals surface area contributed by atoms with E-state index in [2.05, 4.69) is 187 Å². The third kappa shape index (κ3) is 4.14. The molecule has 0 saturated carbocycles. The molecule has 7 aromatic carbocycles. The maximum absolute atomic E-state index is 2.60. The van der Waals surface area contributed by atoms with Crippen LogP contribution in [0.2, 0.25) is 0 Å². The van der Waals surface area contributed by atoms with Crippen molar-refractivity contribution in [1.82, 2.24) is 0 Å². The Morgan fingerprint density at radius 1 is 0.551 bits per heavy atom. The van der Waals surface area contributed by atoms with E-state index in [4.69, 9.17) is 0 Å². The van der Waals surface area contributed by atoms with Gasteiger partial charge in [0.1, 0.15) is 0 Å². The van der Waals surface area contributed by atoms with Gasteiger partial charge in [-0.1, -0.05) is 123 Å². The Balaban J connectivity index is 1.12. The molecule has 0 N–H and O–H groups in total. The maximum Gasteiger partial charge on any atom is 0.0645 e. The molecule has 1 aliphatic heterocycles. The summed E-state index contributed by atoms with van der Waals surface area (Å²) in [6, 6.07) is 60.6. The Hall–Kier alpha value is -5.86. The summed E-state index contributed by atoms with van der Waals surface area (Å²) in [5.41, 5.74) is 17.3. The zero-order valence-electron chi connectivity index (χ0n) is 27.8. The Morgan fingerprint density at radius 2 is 1.20 bits per heavy atom. The minimum Gasteiger partial charge on any atom is -0.333 e. The van der Waals surface area contributed by atoms with Crippen molar-refractivity contribution in [2.24, 2.45) is 0 Å². The lowest BCUT2D eigenvalue weighted by molar-refractivity contribution is 0.625. The Morgan fingerprint density at radius 3 is 2.04 bits per heavy atom. The van der Waals surface area contributed by atoms with E-state index in [9.17, 15) is 0 Å². The molecule has 0 amide bonds. The Bertz CT molecular complexity index is 2450. The van der Waals surface area contributed by atoms with Crippen LogP contribution in [0.3, 0.4) is 0 Å². The number of para-hydroxylation sites is 2. The van der Waals surface area contributed by atoms with Crippen LogP contribution in [0.5, 0.6) is 0 Å². The van der Waals surface area contributed by atoms with Gasteiger partial charge in [-0.2, -0.15) is 0 Å². The predicted molar refractivity (Wildman–Crippen MR) is 206 cm³/mol. The maximum atomic E-state index is 2.60. The van der Waals surface area contributed by atoms with Gasteiger partial charge in [-0.25, -0.2) is 0 Å². The molecule has 49 heavy (non-hydrogen) atoms. The summed E-state index contributed by atoms with van der Waals surface area (Å²) >= 11 is 0. The molecule has 0 aromatic heterocycles. The average Bonchev–Trinajstić information content (AvgIpc) is 3.48. The number of nitrogens with zero attached hydrogens (tertiary/aromatic N) is 2. The van der Waals surface area contributed by atoms with Crippen LogP contribution < -0.4 is 9.80 Å². The van der Waals surface area contributed by atoms with Crippen molar-refractivity contribution in [1.29, 1.82) is 0 Å². The van der Waals surface area contributed by atoms with Gasteiger partial charge >= 0.3 is 0 Å². The van der Waals surface area contributed by atoms with Crippen molar-refractivity contribution in [3.63, 3.8) is 0 Å². The van der Waals surface area contributed by atoms with Gasteiger partial charge in [-0.3, -0.25) is 0 Å². The first-order valence-corrected chi connectivity index (χ1v) is 17.4. The van der Waals surface area contributed by atoms with Crippen molar-refractivity contribution in [3.05, 3.63) is 197 Å². The van der Waals surface area contributed by atoms with E-state index in [1.807, 2.05) is 0 Å². The van der Waals surface area contributed by atoms with Crippen LogP contribution in [-0.2, 0) is 11.8 Å². The van der Waals surface area contributed by atoms with Gasteiger partial charge < -0.3 is 9.80 Å². The minimum absolute atomic E-state index is 0.0534. The van der Waals surface area contributed by atoms with Gasteiger partial charge in [0.05, 0.1) is 6.04 Å². The molecular formula is C47H36N2. The first kappa shape index (κ1) is 28.2. The van der Waals surface area contributed by atoms with E-state index >= 15 is 0 Å². The molecule has 1 atom stereocenters. The summed E-state index contributed by atoms with van der Waals surface area (Å²) in [6.45, 7) is 4.78. The van der Waals surface area contributed by atoms with E-state index in [1.54, 1.807) is 0 Å². The molecule has 1 unspecified atom stereocenters. The zero-order chi connectivity index (χ0) is 32.7. The van der Waals surface area contributed by atoms with Gasteiger partial charge in [0, 0.05) is 39.4 Å². The molecule has 0 saturated heterocycles. The number of fused-ring (bicyclic) bond motifs is 6. The second-order valence-corrected chi connectivity index (χ2v) is 14.1. The van der Waals surface area contributed by atoms with Crippen molar-refractivity contribution < 1.29 is 0 Å². The van der Waals surface area contributed by atoms with Gasteiger partial charge in [-0.05, 0) is 111 Å².